The van der Waals surface area contributed by atoms with Crippen LogP contribution in [0.1, 0.15) is 202 Å². The molecular formula is C106H143ClN18O22. The molecule has 0 bridgehead atoms. The molecule has 4 aromatic heterocycles. The second kappa shape index (κ2) is 48.6. The Hall–Kier alpha value is -14.0. The van der Waals surface area contributed by atoms with Crippen LogP contribution in [0.3, 0.4) is 0 Å². The first-order valence-corrected chi connectivity index (χ1v) is 49.8. The molecular weight excluding hydrogens is 1910 g/mol. The summed E-state index contributed by atoms with van der Waals surface area (Å²) in [6.45, 7) is 29.6. The number of aromatic nitrogens is 4. The Morgan fingerprint density at radius 1 is 0.408 bits per heavy atom. The molecule has 0 saturated carbocycles. The number of carbonyl (C=O) groups excluding carboxylic acids is 14. The van der Waals surface area contributed by atoms with E-state index in [1.165, 1.54) is 14.2 Å². The summed E-state index contributed by atoms with van der Waals surface area (Å²) in [5.74, 6) is -3.51. The van der Waals surface area contributed by atoms with Crippen molar-refractivity contribution in [3.8, 4) is 29.1 Å². The summed E-state index contributed by atoms with van der Waals surface area (Å²) < 4.78 is 31.1. The lowest BCUT2D eigenvalue weighted by Crippen LogP contribution is -2.53. The second-order valence-corrected chi connectivity index (χ2v) is 43.2. The Balaban J connectivity index is 0.000000179. The van der Waals surface area contributed by atoms with Crippen LogP contribution in [0, 0.1) is 80.3 Å². The number of amides is 12. The summed E-state index contributed by atoms with van der Waals surface area (Å²) >= 11 is 0. The van der Waals surface area contributed by atoms with Gasteiger partial charge in [0.1, 0.15) is 88.1 Å². The van der Waals surface area contributed by atoms with Gasteiger partial charge in [-0.3, -0.25) is 57.5 Å². The third-order valence-electron chi connectivity index (χ3n) is 29.7. The minimum absolute atomic E-state index is 0. The number of rotatable bonds is 27. The predicted octanol–water partition coefficient (Wildman–Crippen LogP) is 8.87. The number of likely N-dealkylation sites (tertiary alicyclic amines) is 3. The van der Waals surface area contributed by atoms with Gasteiger partial charge in [0, 0.05) is 113 Å². The van der Waals surface area contributed by atoms with Crippen molar-refractivity contribution in [1.82, 2.24) is 82.5 Å². The lowest BCUT2D eigenvalue weighted by Gasteiger charge is -2.27. The topological polar surface area (TPSA) is 563 Å². The number of carbonyl (C=O) groups is 15. The van der Waals surface area contributed by atoms with E-state index in [0.29, 0.717) is 137 Å². The predicted molar refractivity (Wildman–Crippen MR) is 550 cm³/mol. The third kappa shape index (κ3) is 27.5. The average Bonchev–Trinajstić information content (AvgIpc) is 1.63. The zero-order chi connectivity index (χ0) is 106. The Labute approximate surface area is 860 Å². The highest BCUT2D eigenvalue weighted by atomic mass is 35.5. The smallest absolute Gasteiger partial charge is 0.352 e. The Morgan fingerprint density at radius 2 is 0.694 bits per heavy atom. The molecule has 4 aromatic carbocycles. The molecule has 41 heteroatoms. The van der Waals surface area contributed by atoms with Gasteiger partial charge in [0.25, 0.3) is 17.7 Å². The van der Waals surface area contributed by atoms with Crippen LogP contribution >= 0.6 is 12.4 Å². The number of hydrogen-bond donors (Lipinski definition) is 15. The van der Waals surface area contributed by atoms with Crippen molar-refractivity contribution in [2.75, 3.05) is 95.0 Å². The number of carboxylic acid groups (broad SMARTS) is 1. The molecule has 12 heterocycles. The highest BCUT2D eigenvalue weighted by Gasteiger charge is 2.50. The molecule has 0 radical (unpaired) electrons. The summed E-state index contributed by atoms with van der Waals surface area (Å²) in [6.07, 6.45) is 5.50. The molecule has 0 aliphatic carbocycles. The van der Waals surface area contributed by atoms with Crippen LogP contribution in [0.2, 0.25) is 0 Å². The average molecular weight is 2060 g/mol. The normalized spacial score (nSPS) is 22.4. The van der Waals surface area contributed by atoms with E-state index in [2.05, 4.69) is 157 Å². The van der Waals surface area contributed by atoms with Gasteiger partial charge in [0.05, 0.1) is 54.8 Å². The number of aromatic carboxylic acids is 1. The van der Waals surface area contributed by atoms with E-state index >= 15 is 0 Å². The SMILES string of the molecule is COC(=O)[C@H](C[C@@H]1CCNC1=O)NC(=O)[C@@H]1C[C@@H](C(C)(C)C)CN1.COC(=O)[C@H](C[C@@H]1CCNC1=O)NC(=O)[C@@H]1C[C@@H](C(C)(C)C)CN1C(=O)c1cc2c(OC)cccc2[nH]1.COc1cccc2[nH]c(C(=O)N3C[C@H](C(C)(C)C)C[C@H]3C(=O)N[C@@H](C[C@@H]3CCNC3=O)C(N)=O)cc12.COc1cccc2[nH]c(C(=O)N3C[C@H](C(C)(C)C)C[C@H]3C(=O)N[C@H](C#N)C[C@@H]3CCNC3=O)cc12.COc1cccc2[nH]c(C(=O)O)cc12.Cl. The highest BCUT2D eigenvalue weighted by Crippen LogP contribution is 2.44. The fraction of sp³-hybridized carbons (Fsp3) is 0.547. The molecule has 0 spiro atoms. The van der Waals surface area contributed by atoms with Gasteiger partial charge in [-0.1, -0.05) is 107 Å². The van der Waals surface area contributed by atoms with Crippen LogP contribution in [0.4, 0.5) is 0 Å². The number of primary amides is 1. The third-order valence-corrected chi connectivity index (χ3v) is 29.7. The summed E-state index contributed by atoms with van der Waals surface area (Å²) in [5, 5.41) is 46.9. The Morgan fingerprint density at radius 3 is 0.966 bits per heavy atom. The number of halogens is 1. The van der Waals surface area contributed by atoms with Crippen molar-refractivity contribution in [2.24, 2.45) is 74.7 Å². The Kier molecular flexibility index (Phi) is 37.5. The van der Waals surface area contributed by atoms with Crippen LogP contribution in [-0.4, -0.2) is 272 Å². The van der Waals surface area contributed by atoms with Crippen LogP contribution in [0.5, 0.6) is 23.0 Å². The summed E-state index contributed by atoms with van der Waals surface area (Å²) in [7, 11) is 8.83. The number of esters is 2. The maximum absolute atomic E-state index is 13.7. The number of fused-ring (bicyclic) bond motifs is 4. The number of nitriles is 1. The van der Waals surface area contributed by atoms with Gasteiger partial charge in [-0.25, -0.2) is 14.4 Å². The van der Waals surface area contributed by atoms with E-state index < -0.39 is 77.9 Å². The minimum atomic E-state index is -0.991. The molecule has 16 N–H and O–H groups in total. The molecule has 0 unspecified atom stereocenters. The molecule has 8 aliphatic rings. The van der Waals surface area contributed by atoms with Crippen LogP contribution in [0.15, 0.2) is 97.1 Å². The molecule has 40 nitrogen and oxygen atoms in total. The molecule has 147 heavy (non-hydrogen) atoms. The fourth-order valence-corrected chi connectivity index (χ4v) is 20.3. The molecule has 8 aromatic rings. The second-order valence-electron chi connectivity index (χ2n) is 43.2. The number of aromatic amines is 4. The van der Waals surface area contributed by atoms with E-state index in [-0.39, 0.29) is 166 Å². The monoisotopic (exact) mass is 2060 g/mol. The summed E-state index contributed by atoms with van der Waals surface area (Å²) in [4.78, 5) is 206. The number of H-pyrrole nitrogens is 4. The molecule has 16 atom stereocenters. The van der Waals surface area contributed by atoms with E-state index in [9.17, 15) is 77.2 Å². The number of hydrogen-bond acceptors (Lipinski definition) is 23. The minimum Gasteiger partial charge on any atom is -0.496 e. The molecule has 8 saturated heterocycles. The van der Waals surface area contributed by atoms with Crippen molar-refractivity contribution < 1.29 is 105 Å². The van der Waals surface area contributed by atoms with Gasteiger partial charge in [-0.05, 0) is 202 Å². The van der Waals surface area contributed by atoms with Gasteiger partial charge in [-0.2, -0.15) is 5.26 Å². The van der Waals surface area contributed by atoms with E-state index in [1.807, 2.05) is 66.7 Å². The fourth-order valence-electron chi connectivity index (χ4n) is 20.3. The number of nitrogens with two attached hydrogens (primary N) is 1. The van der Waals surface area contributed by atoms with E-state index in [4.69, 9.17) is 39.3 Å². The number of ether oxygens (including phenoxy) is 6. The number of benzene rings is 4. The quantitative estimate of drug-likeness (QED) is 0.0214. The van der Waals surface area contributed by atoms with Gasteiger partial charge in [0.2, 0.25) is 53.2 Å². The maximum atomic E-state index is 13.7. The zero-order valence-electron chi connectivity index (χ0n) is 86.9. The van der Waals surface area contributed by atoms with Crippen LogP contribution in [-0.2, 0) is 62.2 Å². The van der Waals surface area contributed by atoms with Crippen LogP contribution in [0.25, 0.3) is 43.6 Å². The maximum Gasteiger partial charge on any atom is 0.352 e. The van der Waals surface area contributed by atoms with Crippen molar-refractivity contribution in [3.05, 3.63) is 120 Å². The van der Waals surface area contributed by atoms with Gasteiger partial charge >= 0.3 is 17.9 Å². The first-order chi connectivity index (χ1) is 69.1. The van der Waals surface area contributed by atoms with E-state index in [0.717, 1.165) is 56.6 Å². The lowest BCUT2D eigenvalue weighted by molar-refractivity contribution is -0.146. The molecule has 8 aliphatic heterocycles. The molecule has 796 valence electrons. The first kappa shape index (κ1) is 113. The van der Waals surface area contributed by atoms with Crippen LogP contribution < -0.4 is 72.5 Å². The number of carboxylic acids is 1. The van der Waals surface area contributed by atoms with Crippen molar-refractivity contribution in [1.29, 1.82) is 5.26 Å². The number of nitrogens with zero attached hydrogens (tertiary/aromatic N) is 4. The van der Waals surface area contributed by atoms with Crippen molar-refractivity contribution in [3.63, 3.8) is 0 Å². The van der Waals surface area contributed by atoms with Gasteiger partial charge < -0.3 is 122 Å². The molecule has 12 amide bonds. The Bertz CT molecular complexity index is 6210. The van der Waals surface area contributed by atoms with Crippen molar-refractivity contribution in [2.45, 2.75) is 208 Å². The zero-order valence-corrected chi connectivity index (χ0v) is 87.7. The first-order valence-electron chi connectivity index (χ1n) is 49.8. The summed E-state index contributed by atoms with van der Waals surface area (Å²) in [6, 6.07) is 24.8. The molecule has 16 rings (SSSR count). The summed E-state index contributed by atoms with van der Waals surface area (Å²) in [5.41, 5.74) is 9.66. The van der Waals surface area contributed by atoms with Gasteiger partial charge in [0.15, 0.2) is 0 Å². The number of nitrogens with one attached hydrogen (secondary N) is 13. The number of methoxy groups -OCH3 is 6. The van der Waals surface area contributed by atoms with E-state index in [1.54, 1.807) is 73.5 Å². The van der Waals surface area contributed by atoms with Crippen molar-refractivity contribution >= 4 is 145 Å². The lowest BCUT2D eigenvalue weighted by atomic mass is 9.79. The highest BCUT2D eigenvalue weighted by molar-refractivity contribution is 6.06. The largest absolute Gasteiger partial charge is 0.496 e. The standard InChI is InChI=1S/C27H36N4O6.C26H35N5O5.C26H33N5O4.C17H29N3O4.C10H9NO3.ClH/c1-27(2,3)16-12-21(24(33)30-20(26(35)37-5)11-15-9-10-28-23(15)32)31(14-16)25(34)19-13-17-18(29-19)7-6-8-22(17)36-4;1-26(2,3)15-11-20(24(34)30-18(22(27)32)10-14-8-9-28-23(14)33)31(13-15)25(35)19-12-16-17(29-19)6-5-7-21(16)36-4;1-26(2,3)16-11-21(24(33)29-17(13-27)10-15-8-9-28-23(15)32)31(14-16)25(34)20-12-18-19(30-20)6-5-7-22(18)35-4;1-17(2,3)11-8-12(19-9-11)15(22)20-13(16(23)24-4)7-10-5-6-18-14(10)21;1-14-9-4-2-3-7-6(9)5-8(11-7)10(12)13;/h6-8,13,15-16,20-21,29H,9-12,14H2,1-5H3,(H,28,32)(H,30,33);5-7,12,14-15,18,20,29H,8-11,13H2,1-4H3,(H2,27,32)(H,28,33)(H,30,34);5-7,12,15-17,21,30H,8-11,14H2,1-4H3,(H,28,32)(H,29,33);10-13,19H,5-9H2,1-4H3,(H,18,21)(H,20,22);2-5,11H,1H3,(H,12,13);1H/t15-,16+,20-,21-;14-,15+,18-,20-;15-,16+,17-,21-;10-,11+,12-,13-;;/m0000../s1. The van der Waals surface area contributed by atoms with Gasteiger partial charge in [-0.15, -0.1) is 12.4 Å². The molecule has 8 fully saturated rings.